The van der Waals surface area contributed by atoms with Crippen molar-refractivity contribution in [3.63, 3.8) is 0 Å². The number of anilines is 1. The lowest BCUT2D eigenvalue weighted by Gasteiger charge is -2.16. The van der Waals surface area contributed by atoms with Gasteiger partial charge in [-0.05, 0) is 32.9 Å². The van der Waals surface area contributed by atoms with Crippen LogP contribution in [-0.4, -0.2) is 18.1 Å². The Labute approximate surface area is 118 Å². The summed E-state index contributed by atoms with van der Waals surface area (Å²) in [5.41, 5.74) is 0. The summed E-state index contributed by atoms with van der Waals surface area (Å²) in [6.45, 7) is 9.23. The van der Waals surface area contributed by atoms with Gasteiger partial charge >= 0.3 is 0 Å². The van der Waals surface area contributed by atoms with Gasteiger partial charge in [0.25, 0.3) is 0 Å². The topological polar surface area (TPSA) is 41.3 Å². The smallest absolute Gasteiger partial charge is 0.185 e. The molecule has 0 fully saturated rings. The highest BCUT2D eigenvalue weighted by atomic mass is 32.1. The van der Waals surface area contributed by atoms with Crippen molar-refractivity contribution >= 4 is 16.5 Å². The van der Waals surface area contributed by atoms with Crippen molar-refractivity contribution in [2.45, 2.75) is 33.4 Å². The first-order valence-electron chi connectivity index (χ1n) is 6.71. The molecule has 0 aliphatic heterocycles. The summed E-state index contributed by atoms with van der Waals surface area (Å²) in [4.78, 5) is 8.00. The fourth-order valence-electron chi connectivity index (χ4n) is 1.91. The molecular formula is C14H21N3OS. The molecule has 0 aliphatic carbocycles. The number of furan rings is 1. The molecular weight excluding hydrogens is 258 g/mol. The highest BCUT2D eigenvalue weighted by Gasteiger charge is 2.10. The Morgan fingerprint density at radius 1 is 1.42 bits per heavy atom. The van der Waals surface area contributed by atoms with E-state index < -0.39 is 0 Å². The first-order valence-corrected chi connectivity index (χ1v) is 7.52. The Hall–Kier alpha value is -1.33. The quantitative estimate of drug-likeness (QED) is 0.843. The van der Waals surface area contributed by atoms with Crippen LogP contribution in [0, 0.1) is 0 Å². The number of rotatable bonds is 7. The molecule has 0 bridgehead atoms. The Morgan fingerprint density at radius 2 is 2.21 bits per heavy atom. The molecule has 0 radical (unpaired) electrons. The molecule has 5 heteroatoms. The third kappa shape index (κ3) is 3.58. The molecule has 2 rings (SSSR count). The SMILES string of the molecule is CCN(CC)c1ncc(CN[C@@H](C)c2ccco2)s1. The van der Waals surface area contributed by atoms with E-state index in [0.29, 0.717) is 0 Å². The predicted octanol–water partition coefficient (Wildman–Crippen LogP) is 3.43. The van der Waals surface area contributed by atoms with Crippen LogP contribution in [-0.2, 0) is 6.54 Å². The van der Waals surface area contributed by atoms with Gasteiger partial charge in [0.05, 0.1) is 12.3 Å². The highest BCUT2D eigenvalue weighted by Crippen LogP contribution is 2.23. The Balaban J connectivity index is 1.90. The van der Waals surface area contributed by atoms with Gasteiger partial charge in [0.1, 0.15) is 5.76 Å². The van der Waals surface area contributed by atoms with E-state index in [0.717, 1.165) is 30.5 Å². The van der Waals surface area contributed by atoms with Gasteiger partial charge in [-0.25, -0.2) is 4.98 Å². The zero-order valence-electron chi connectivity index (χ0n) is 11.7. The molecule has 1 N–H and O–H groups in total. The number of nitrogens with one attached hydrogen (secondary N) is 1. The highest BCUT2D eigenvalue weighted by molar-refractivity contribution is 7.15. The molecule has 0 aliphatic rings. The molecule has 4 nitrogen and oxygen atoms in total. The first kappa shape index (κ1) is 14.1. The summed E-state index contributed by atoms with van der Waals surface area (Å²) < 4.78 is 5.38. The Kier molecular flexibility index (Phi) is 4.99. The third-order valence-corrected chi connectivity index (χ3v) is 4.19. The van der Waals surface area contributed by atoms with Gasteiger partial charge in [-0.2, -0.15) is 0 Å². The van der Waals surface area contributed by atoms with Gasteiger partial charge in [0.2, 0.25) is 0 Å². The van der Waals surface area contributed by atoms with Crippen LogP contribution in [0.5, 0.6) is 0 Å². The summed E-state index contributed by atoms with van der Waals surface area (Å²) in [6, 6.07) is 4.12. The van der Waals surface area contributed by atoms with Crippen molar-refractivity contribution in [3.8, 4) is 0 Å². The van der Waals surface area contributed by atoms with Crippen LogP contribution in [0.25, 0.3) is 0 Å². The molecule has 0 aromatic carbocycles. The van der Waals surface area contributed by atoms with E-state index in [2.05, 4.69) is 36.0 Å². The lowest BCUT2D eigenvalue weighted by atomic mass is 10.2. The van der Waals surface area contributed by atoms with Crippen molar-refractivity contribution in [1.82, 2.24) is 10.3 Å². The minimum absolute atomic E-state index is 0.217. The van der Waals surface area contributed by atoms with Gasteiger partial charge in [-0.15, -0.1) is 11.3 Å². The van der Waals surface area contributed by atoms with Gasteiger partial charge < -0.3 is 14.6 Å². The van der Waals surface area contributed by atoms with E-state index in [-0.39, 0.29) is 6.04 Å². The molecule has 1 atom stereocenters. The molecule has 2 heterocycles. The van der Waals surface area contributed by atoms with Gasteiger partial charge in [0, 0.05) is 30.7 Å². The fourth-order valence-corrected chi connectivity index (χ4v) is 2.90. The van der Waals surface area contributed by atoms with E-state index >= 15 is 0 Å². The second kappa shape index (κ2) is 6.73. The van der Waals surface area contributed by atoms with Crippen LogP contribution < -0.4 is 10.2 Å². The maximum absolute atomic E-state index is 5.38. The van der Waals surface area contributed by atoms with Crippen LogP contribution >= 0.6 is 11.3 Å². The van der Waals surface area contributed by atoms with E-state index in [1.54, 1.807) is 17.6 Å². The van der Waals surface area contributed by atoms with Crippen LogP contribution in [0.4, 0.5) is 5.13 Å². The average molecular weight is 279 g/mol. The molecule has 0 spiro atoms. The van der Waals surface area contributed by atoms with E-state index in [1.807, 2.05) is 18.3 Å². The molecule has 0 unspecified atom stereocenters. The largest absolute Gasteiger partial charge is 0.468 e. The first-order chi connectivity index (χ1) is 9.24. The standard InChI is InChI=1S/C14H21N3OS/c1-4-17(5-2)14-16-10-12(19-14)9-15-11(3)13-7-6-8-18-13/h6-8,10-11,15H,4-5,9H2,1-3H3/t11-/m0/s1. The van der Waals surface area contributed by atoms with Crippen molar-refractivity contribution in [2.24, 2.45) is 0 Å². The molecule has 0 amide bonds. The number of hydrogen-bond donors (Lipinski definition) is 1. The zero-order valence-corrected chi connectivity index (χ0v) is 12.5. The zero-order chi connectivity index (χ0) is 13.7. The number of hydrogen-bond acceptors (Lipinski definition) is 5. The fraction of sp³-hybridized carbons (Fsp3) is 0.500. The summed E-state index contributed by atoms with van der Waals surface area (Å²) in [6.07, 6.45) is 3.67. The van der Waals surface area contributed by atoms with Crippen molar-refractivity contribution in [1.29, 1.82) is 0 Å². The maximum atomic E-state index is 5.38. The van der Waals surface area contributed by atoms with Crippen LogP contribution in [0.2, 0.25) is 0 Å². The lowest BCUT2D eigenvalue weighted by molar-refractivity contribution is 0.431. The molecule has 104 valence electrons. The molecule has 2 aromatic heterocycles. The molecule has 0 saturated heterocycles. The maximum Gasteiger partial charge on any atom is 0.185 e. The number of aromatic nitrogens is 1. The van der Waals surface area contributed by atoms with Crippen LogP contribution in [0.1, 0.15) is 37.5 Å². The second-order valence-electron chi connectivity index (χ2n) is 4.40. The number of thiazole rings is 1. The Bertz CT molecular complexity index is 477. The average Bonchev–Trinajstić information content (AvgIpc) is 3.09. The van der Waals surface area contributed by atoms with Crippen LogP contribution in [0.3, 0.4) is 0 Å². The minimum atomic E-state index is 0.217. The van der Waals surface area contributed by atoms with E-state index in [1.165, 1.54) is 4.88 Å². The van der Waals surface area contributed by atoms with Crippen molar-refractivity contribution in [2.75, 3.05) is 18.0 Å². The molecule has 0 saturated carbocycles. The van der Waals surface area contributed by atoms with Crippen molar-refractivity contribution < 1.29 is 4.42 Å². The normalized spacial score (nSPS) is 12.6. The molecule has 19 heavy (non-hydrogen) atoms. The molecule has 2 aromatic rings. The Morgan fingerprint density at radius 3 is 2.84 bits per heavy atom. The monoisotopic (exact) mass is 279 g/mol. The van der Waals surface area contributed by atoms with E-state index in [4.69, 9.17) is 4.42 Å². The predicted molar refractivity (Wildman–Crippen MR) is 79.6 cm³/mol. The van der Waals surface area contributed by atoms with E-state index in [9.17, 15) is 0 Å². The van der Waals surface area contributed by atoms with Gasteiger partial charge in [0.15, 0.2) is 5.13 Å². The van der Waals surface area contributed by atoms with Gasteiger partial charge in [-0.1, -0.05) is 0 Å². The second-order valence-corrected chi connectivity index (χ2v) is 5.49. The summed E-state index contributed by atoms with van der Waals surface area (Å²) in [5, 5.41) is 4.55. The van der Waals surface area contributed by atoms with Crippen molar-refractivity contribution in [3.05, 3.63) is 35.2 Å². The summed E-state index contributed by atoms with van der Waals surface area (Å²) in [5.74, 6) is 0.966. The van der Waals surface area contributed by atoms with Gasteiger partial charge in [-0.3, -0.25) is 0 Å². The lowest BCUT2D eigenvalue weighted by Crippen LogP contribution is -2.21. The minimum Gasteiger partial charge on any atom is -0.468 e. The summed E-state index contributed by atoms with van der Waals surface area (Å²) in [7, 11) is 0. The number of nitrogens with zero attached hydrogens (tertiary/aromatic N) is 2. The summed E-state index contributed by atoms with van der Waals surface area (Å²) >= 11 is 1.75. The third-order valence-electron chi connectivity index (χ3n) is 3.13. The van der Waals surface area contributed by atoms with Crippen LogP contribution in [0.15, 0.2) is 29.0 Å².